The van der Waals surface area contributed by atoms with Crippen LogP contribution in [0.25, 0.3) is 0 Å². The van der Waals surface area contributed by atoms with Crippen LogP contribution in [0.4, 0.5) is 5.69 Å². The second-order valence-electron chi connectivity index (χ2n) is 7.09. The fraction of sp³-hybridized carbons (Fsp3) is 0.261. The van der Waals surface area contributed by atoms with Crippen LogP contribution >= 0.6 is 0 Å². The predicted molar refractivity (Wildman–Crippen MR) is 113 cm³/mol. The normalized spacial score (nSPS) is 15.6. The summed E-state index contributed by atoms with van der Waals surface area (Å²) in [7, 11) is 0. The number of carbonyl (C=O) groups is 3. The number of aryl methyl sites for hydroxylation is 1. The van der Waals surface area contributed by atoms with Crippen LogP contribution in [0.5, 0.6) is 0 Å². The van der Waals surface area contributed by atoms with Crippen molar-refractivity contribution in [3.8, 4) is 0 Å². The third-order valence-electron chi connectivity index (χ3n) is 4.91. The summed E-state index contributed by atoms with van der Waals surface area (Å²) in [5, 5.41) is 5.60. The van der Waals surface area contributed by atoms with E-state index in [2.05, 4.69) is 17.2 Å². The molecule has 2 aromatic rings. The molecule has 1 fully saturated rings. The lowest BCUT2D eigenvalue weighted by Gasteiger charge is -2.24. The number of amides is 3. The van der Waals surface area contributed by atoms with Gasteiger partial charge in [-0.3, -0.25) is 14.4 Å². The number of rotatable bonds is 6. The maximum Gasteiger partial charge on any atom is 0.255 e. The molecule has 0 bridgehead atoms. The lowest BCUT2D eigenvalue weighted by Crippen LogP contribution is -2.46. The van der Waals surface area contributed by atoms with Gasteiger partial charge in [-0.25, -0.2) is 0 Å². The molecule has 1 saturated heterocycles. The maximum absolute atomic E-state index is 12.9. The monoisotopic (exact) mass is 391 g/mol. The highest BCUT2D eigenvalue weighted by molar-refractivity contribution is 6.04. The number of anilines is 1. The number of nitrogens with zero attached hydrogens (tertiary/aromatic N) is 1. The molecule has 1 atom stereocenters. The molecule has 0 saturated carbocycles. The van der Waals surface area contributed by atoms with E-state index in [1.807, 2.05) is 25.1 Å². The van der Waals surface area contributed by atoms with E-state index in [4.69, 9.17) is 0 Å². The molecule has 1 aliphatic rings. The Morgan fingerprint density at radius 3 is 2.59 bits per heavy atom. The molecule has 0 aromatic heterocycles. The molecule has 1 aliphatic heterocycles. The molecular weight excluding hydrogens is 366 g/mol. The van der Waals surface area contributed by atoms with Crippen LogP contribution in [0.15, 0.2) is 61.2 Å². The van der Waals surface area contributed by atoms with Crippen LogP contribution < -0.4 is 10.6 Å². The molecule has 1 unspecified atom stereocenters. The van der Waals surface area contributed by atoms with Crippen molar-refractivity contribution < 1.29 is 14.4 Å². The smallest absolute Gasteiger partial charge is 0.255 e. The average molecular weight is 391 g/mol. The topological polar surface area (TPSA) is 78.5 Å². The highest BCUT2D eigenvalue weighted by Crippen LogP contribution is 2.21. The Morgan fingerprint density at radius 2 is 1.90 bits per heavy atom. The third-order valence-corrected chi connectivity index (χ3v) is 4.91. The highest BCUT2D eigenvalue weighted by Gasteiger charge is 2.34. The predicted octanol–water partition coefficient (Wildman–Crippen LogP) is 3.15. The molecular formula is C23H25N3O3. The zero-order chi connectivity index (χ0) is 20.8. The van der Waals surface area contributed by atoms with Gasteiger partial charge in [-0.1, -0.05) is 23.8 Å². The molecule has 6 nitrogen and oxygen atoms in total. The van der Waals surface area contributed by atoms with Gasteiger partial charge in [0.1, 0.15) is 6.04 Å². The number of hydrogen-bond donors (Lipinski definition) is 2. The molecule has 150 valence electrons. The highest BCUT2D eigenvalue weighted by atomic mass is 16.2. The minimum atomic E-state index is -0.455. The van der Waals surface area contributed by atoms with Gasteiger partial charge in [-0.05, 0) is 56.2 Å². The van der Waals surface area contributed by atoms with Crippen molar-refractivity contribution in [2.24, 2.45) is 0 Å². The van der Waals surface area contributed by atoms with Crippen LogP contribution in [-0.4, -0.2) is 41.8 Å². The molecule has 2 aromatic carbocycles. The van der Waals surface area contributed by atoms with Crippen molar-refractivity contribution >= 4 is 23.4 Å². The van der Waals surface area contributed by atoms with E-state index in [1.165, 1.54) is 0 Å². The van der Waals surface area contributed by atoms with Crippen LogP contribution in [0.3, 0.4) is 0 Å². The standard InChI is InChI=1S/C23H25N3O3/c1-3-13-24-22(28)20-8-5-14-26(20)23(29)17-9-11-19(12-10-17)25-21(27)18-7-4-6-16(2)15-18/h3-4,6-7,9-12,15,20H,1,5,8,13-14H2,2H3,(H,24,28)(H,25,27). The second kappa shape index (κ2) is 9.19. The molecule has 29 heavy (non-hydrogen) atoms. The summed E-state index contributed by atoms with van der Waals surface area (Å²) in [5.74, 6) is -0.540. The van der Waals surface area contributed by atoms with Gasteiger partial charge in [-0.2, -0.15) is 0 Å². The fourth-order valence-corrected chi connectivity index (χ4v) is 3.42. The molecule has 2 N–H and O–H groups in total. The Balaban J connectivity index is 1.66. The first-order chi connectivity index (χ1) is 14.0. The Hall–Kier alpha value is -3.41. The molecule has 0 radical (unpaired) electrons. The quantitative estimate of drug-likeness (QED) is 0.743. The van der Waals surface area contributed by atoms with Gasteiger partial charge in [0.25, 0.3) is 11.8 Å². The summed E-state index contributed by atoms with van der Waals surface area (Å²) < 4.78 is 0. The minimum Gasteiger partial charge on any atom is -0.351 e. The number of benzene rings is 2. The SMILES string of the molecule is C=CCNC(=O)C1CCCN1C(=O)c1ccc(NC(=O)c2cccc(C)c2)cc1. The van der Waals surface area contributed by atoms with Gasteiger partial charge >= 0.3 is 0 Å². The molecule has 0 aliphatic carbocycles. The van der Waals surface area contributed by atoms with Gasteiger partial charge in [0.2, 0.25) is 5.91 Å². The third kappa shape index (κ3) is 4.90. The minimum absolute atomic E-state index is 0.155. The molecule has 3 amide bonds. The Morgan fingerprint density at radius 1 is 1.14 bits per heavy atom. The van der Waals surface area contributed by atoms with E-state index in [0.29, 0.717) is 36.3 Å². The Labute approximate surface area is 170 Å². The van der Waals surface area contributed by atoms with Crippen molar-refractivity contribution in [2.75, 3.05) is 18.4 Å². The van der Waals surface area contributed by atoms with E-state index in [9.17, 15) is 14.4 Å². The van der Waals surface area contributed by atoms with Gasteiger partial charge in [0.05, 0.1) is 0 Å². The van der Waals surface area contributed by atoms with Gasteiger partial charge in [0.15, 0.2) is 0 Å². The molecule has 6 heteroatoms. The Kier molecular flexibility index (Phi) is 6.44. The van der Waals surface area contributed by atoms with Crippen LogP contribution in [-0.2, 0) is 4.79 Å². The van der Waals surface area contributed by atoms with Gasteiger partial charge < -0.3 is 15.5 Å². The number of likely N-dealkylation sites (tertiary alicyclic amines) is 1. The summed E-state index contributed by atoms with van der Waals surface area (Å²) in [6, 6.07) is 13.6. The Bertz CT molecular complexity index is 921. The molecule has 0 spiro atoms. The van der Waals surface area contributed by atoms with Crippen molar-refractivity contribution in [1.29, 1.82) is 0 Å². The summed E-state index contributed by atoms with van der Waals surface area (Å²) >= 11 is 0. The second-order valence-corrected chi connectivity index (χ2v) is 7.09. The van der Waals surface area contributed by atoms with Crippen LogP contribution in [0.2, 0.25) is 0 Å². The van der Waals surface area contributed by atoms with E-state index in [0.717, 1.165) is 12.0 Å². The first-order valence-corrected chi connectivity index (χ1v) is 9.67. The first-order valence-electron chi connectivity index (χ1n) is 9.67. The fourth-order valence-electron chi connectivity index (χ4n) is 3.42. The van der Waals surface area contributed by atoms with Crippen molar-refractivity contribution in [2.45, 2.75) is 25.8 Å². The summed E-state index contributed by atoms with van der Waals surface area (Å²) in [6.07, 6.45) is 3.06. The summed E-state index contributed by atoms with van der Waals surface area (Å²) in [6.45, 7) is 6.45. The van der Waals surface area contributed by atoms with Gasteiger partial charge in [-0.15, -0.1) is 6.58 Å². The molecule has 3 rings (SSSR count). The van der Waals surface area contributed by atoms with E-state index in [-0.39, 0.29) is 17.7 Å². The van der Waals surface area contributed by atoms with E-state index < -0.39 is 6.04 Å². The van der Waals surface area contributed by atoms with Gasteiger partial charge in [0, 0.05) is 29.9 Å². The summed E-state index contributed by atoms with van der Waals surface area (Å²) in [4.78, 5) is 39.1. The van der Waals surface area contributed by atoms with Crippen LogP contribution in [0, 0.1) is 6.92 Å². The number of hydrogen-bond acceptors (Lipinski definition) is 3. The lowest BCUT2D eigenvalue weighted by molar-refractivity contribution is -0.124. The number of nitrogens with one attached hydrogen (secondary N) is 2. The maximum atomic E-state index is 12.9. The zero-order valence-electron chi connectivity index (χ0n) is 16.5. The first kappa shape index (κ1) is 20.3. The van der Waals surface area contributed by atoms with Crippen molar-refractivity contribution in [3.63, 3.8) is 0 Å². The summed E-state index contributed by atoms with van der Waals surface area (Å²) in [5.41, 5.74) is 2.68. The van der Waals surface area contributed by atoms with Crippen LogP contribution in [0.1, 0.15) is 39.1 Å². The average Bonchev–Trinajstić information content (AvgIpc) is 3.22. The lowest BCUT2D eigenvalue weighted by atomic mass is 10.1. The zero-order valence-corrected chi connectivity index (χ0v) is 16.5. The number of carbonyl (C=O) groups excluding carboxylic acids is 3. The van der Waals surface area contributed by atoms with Crippen molar-refractivity contribution in [1.82, 2.24) is 10.2 Å². The molecule has 1 heterocycles. The largest absolute Gasteiger partial charge is 0.351 e. The van der Waals surface area contributed by atoms with E-state index in [1.54, 1.807) is 41.3 Å². The van der Waals surface area contributed by atoms with E-state index >= 15 is 0 Å². The van der Waals surface area contributed by atoms with Crippen molar-refractivity contribution in [3.05, 3.63) is 77.9 Å².